The molecule has 3 rings (SSSR count). The summed E-state index contributed by atoms with van der Waals surface area (Å²) < 4.78 is 51.6. The number of amides is 2. The molecule has 1 aliphatic carbocycles. The van der Waals surface area contributed by atoms with Crippen molar-refractivity contribution in [1.29, 1.82) is 0 Å². The van der Waals surface area contributed by atoms with Crippen LogP contribution in [0.15, 0.2) is 42.5 Å². The minimum absolute atomic E-state index is 0.0222. The number of anilines is 1. The highest BCUT2D eigenvalue weighted by Gasteiger charge is 2.32. The number of carbonyl (C=O) groups is 2. The van der Waals surface area contributed by atoms with Crippen molar-refractivity contribution >= 4 is 27.5 Å². The van der Waals surface area contributed by atoms with Gasteiger partial charge in [-0.05, 0) is 38.0 Å². The molecule has 1 fully saturated rings. The molecule has 202 valence electrons. The monoisotopic (exact) mass is 535 g/mol. The molecule has 0 heterocycles. The number of carbonyl (C=O) groups excluding carboxylic acids is 2. The molecule has 37 heavy (non-hydrogen) atoms. The van der Waals surface area contributed by atoms with E-state index < -0.39 is 34.3 Å². The quantitative estimate of drug-likeness (QED) is 0.474. The number of rotatable bonds is 11. The molecule has 1 atom stereocenters. The number of nitrogens with zero attached hydrogens (tertiary/aromatic N) is 2. The van der Waals surface area contributed by atoms with Gasteiger partial charge in [0.1, 0.15) is 29.9 Å². The van der Waals surface area contributed by atoms with Gasteiger partial charge in [0.05, 0.1) is 26.2 Å². The van der Waals surface area contributed by atoms with Crippen molar-refractivity contribution in [2.75, 3.05) is 31.3 Å². The van der Waals surface area contributed by atoms with Crippen LogP contribution in [0.4, 0.5) is 10.1 Å². The van der Waals surface area contributed by atoms with Crippen LogP contribution in [0, 0.1) is 5.82 Å². The van der Waals surface area contributed by atoms with Crippen molar-refractivity contribution in [3.63, 3.8) is 0 Å². The summed E-state index contributed by atoms with van der Waals surface area (Å²) in [5.74, 6) is -0.997. The molecule has 0 aliphatic heterocycles. The second-order valence-electron chi connectivity index (χ2n) is 9.09. The highest BCUT2D eigenvalue weighted by Crippen LogP contribution is 2.34. The van der Waals surface area contributed by atoms with Crippen molar-refractivity contribution in [3.8, 4) is 11.5 Å². The minimum Gasteiger partial charge on any atom is -0.497 e. The average molecular weight is 536 g/mol. The number of sulfonamides is 1. The first-order valence-electron chi connectivity index (χ1n) is 12.1. The first-order chi connectivity index (χ1) is 17.5. The number of halogens is 1. The van der Waals surface area contributed by atoms with E-state index in [2.05, 4.69) is 5.32 Å². The van der Waals surface area contributed by atoms with E-state index in [9.17, 15) is 22.4 Å². The molecule has 0 bridgehead atoms. The van der Waals surface area contributed by atoms with Gasteiger partial charge in [-0.15, -0.1) is 0 Å². The molecule has 0 spiro atoms. The standard InChI is InChI=1S/C26H34FN3O6S/c1-18(26(32)28-20-10-6-7-11-20)29(16-19-9-5-8-12-22(19)27)25(31)17-30(37(4,33)34)23-15-21(35-2)13-14-24(23)36-3/h5,8-9,12-15,18,20H,6-7,10-11,16-17H2,1-4H3,(H,28,32)/t18-/m1/s1. The Hall–Kier alpha value is -3.34. The van der Waals surface area contributed by atoms with Gasteiger partial charge in [-0.1, -0.05) is 31.0 Å². The van der Waals surface area contributed by atoms with Crippen LogP contribution < -0.4 is 19.1 Å². The van der Waals surface area contributed by atoms with E-state index in [4.69, 9.17) is 9.47 Å². The highest BCUT2D eigenvalue weighted by atomic mass is 32.2. The number of methoxy groups -OCH3 is 2. The fourth-order valence-electron chi connectivity index (χ4n) is 4.37. The average Bonchev–Trinajstić information content (AvgIpc) is 3.38. The molecule has 2 amide bonds. The SMILES string of the molecule is COc1ccc(OC)c(N(CC(=O)N(Cc2ccccc2F)[C@H](C)C(=O)NC2CCCC2)S(C)(=O)=O)c1. The van der Waals surface area contributed by atoms with Crippen LogP contribution in [0.3, 0.4) is 0 Å². The van der Waals surface area contributed by atoms with Crippen LogP contribution in [0.1, 0.15) is 38.2 Å². The molecule has 1 saturated carbocycles. The van der Waals surface area contributed by atoms with Gasteiger partial charge < -0.3 is 19.7 Å². The lowest BCUT2D eigenvalue weighted by Gasteiger charge is -2.32. The normalized spacial score (nSPS) is 14.6. The third-order valence-electron chi connectivity index (χ3n) is 6.50. The van der Waals surface area contributed by atoms with Gasteiger partial charge >= 0.3 is 0 Å². The zero-order valence-corrected chi connectivity index (χ0v) is 22.4. The summed E-state index contributed by atoms with van der Waals surface area (Å²) in [5, 5.41) is 2.97. The summed E-state index contributed by atoms with van der Waals surface area (Å²) in [4.78, 5) is 28.0. The van der Waals surface area contributed by atoms with Gasteiger partial charge in [-0.2, -0.15) is 0 Å². The zero-order chi connectivity index (χ0) is 27.2. The van der Waals surface area contributed by atoms with Crippen LogP contribution >= 0.6 is 0 Å². The molecular weight excluding hydrogens is 501 g/mol. The Bertz CT molecular complexity index is 1220. The molecule has 2 aromatic rings. The predicted molar refractivity (Wildman–Crippen MR) is 139 cm³/mol. The maximum atomic E-state index is 14.5. The minimum atomic E-state index is -3.97. The Morgan fingerprint density at radius 3 is 2.38 bits per heavy atom. The summed E-state index contributed by atoms with van der Waals surface area (Å²) in [7, 11) is -1.16. The zero-order valence-electron chi connectivity index (χ0n) is 21.6. The van der Waals surface area contributed by atoms with E-state index in [1.807, 2.05) is 0 Å². The molecule has 0 radical (unpaired) electrons. The fourth-order valence-corrected chi connectivity index (χ4v) is 5.22. The van der Waals surface area contributed by atoms with Crippen LogP contribution in [0.25, 0.3) is 0 Å². The summed E-state index contributed by atoms with van der Waals surface area (Å²) >= 11 is 0. The van der Waals surface area contributed by atoms with E-state index in [-0.39, 0.29) is 35.5 Å². The van der Waals surface area contributed by atoms with Gasteiger partial charge in [-0.25, -0.2) is 12.8 Å². The number of hydrogen-bond acceptors (Lipinski definition) is 6. The fraction of sp³-hybridized carbons (Fsp3) is 0.462. The van der Waals surface area contributed by atoms with E-state index >= 15 is 0 Å². The maximum absolute atomic E-state index is 14.5. The lowest BCUT2D eigenvalue weighted by Crippen LogP contribution is -2.52. The number of benzene rings is 2. The Labute approximate surface area is 217 Å². The maximum Gasteiger partial charge on any atom is 0.244 e. The molecule has 2 aromatic carbocycles. The summed E-state index contributed by atoms with van der Waals surface area (Å²) in [6.07, 6.45) is 4.72. The predicted octanol–water partition coefficient (Wildman–Crippen LogP) is 3.09. The van der Waals surface area contributed by atoms with Gasteiger partial charge in [0.25, 0.3) is 0 Å². The Balaban J connectivity index is 1.95. The van der Waals surface area contributed by atoms with Crippen LogP contribution in [0.2, 0.25) is 0 Å². The molecule has 9 nitrogen and oxygen atoms in total. The molecular formula is C26H34FN3O6S. The second-order valence-corrected chi connectivity index (χ2v) is 11.0. The molecule has 0 saturated heterocycles. The van der Waals surface area contributed by atoms with Crippen molar-refractivity contribution in [3.05, 3.63) is 53.8 Å². The third-order valence-corrected chi connectivity index (χ3v) is 7.63. The number of nitrogens with one attached hydrogen (secondary N) is 1. The lowest BCUT2D eigenvalue weighted by molar-refractivity contribution is -0.139. The van der Waals surface area contributed by atoms with E-state index in [1.54, 1.807) is 19.1 Å². The van der Waals surface area contributed by atoms with Gasteiger partial charge in [-0.3, -0.25) is 13.9 Å². The largest absolute Gasteiger partial charge is 0.497 e. The van der Waals surface area contributed by atoms with E-state index in [0.717, 1.165) is 36.2 Å². The first-order valence-corrected chi connectivity index (χ1v) is 13.9. The molecule has 0 unspecified atom stereocenters. The van der Waals surface area contributed by atoms with Gasteiger partial charge in [0.15, 0.2) is 0 Å². The second kappa shape index (κ2) is 12.3. The first kappa shape index (κ1) is 28.2. The summed E-state index contributed by atoms with van der Waals surface area (Å²) in [6.45, 7) is 0.718. The van der Waals surface area contributed by atoms with Crippen LogP contribution in [0.5, 0.6) is 11.5 Å². The van der Waals surface area contributed by atoms with Gasteiger partial charge in [0.2, 0.25) is 21.8 Å². The Kier molecular flexibility index (Phi) is 9.36. The van der Waals surface area contributed by atoms with Crippen molar-refractivity contribution in [2.24, 2.45) is 0 Å². The van der Waals surface area contributed by atoms with Crippen LogP contribution in [-0.2, 0) is 26.2 Å². The molecule has 1 N–H and O–H groups in total. The van der Waals surface area contributed by atoms with Crippen molar-refractivity contribution in [2.45, 2.75) is 51.2 Å². The topological polar surface area (TPSA) is 105 Å². The van der Waals surface area contributed by atoms with Crippen molar-refractivity contribution in [1.82, 2.24) is 10.2 Å². The number of ether oxygens (including phenoxy) is 2. The third kappa shape index (κ3) is 7.12. The summed E-state index contributed by atoms with van der Waals surface area (Å²) in [6, 6.07) is 9.59. The molecule has 11 heteroatoms. The summed E-state index contributed by atoms with van der Waals surface area (Å²) in [5.41, 5.74) is 0.313. The Morgan fingerprint density at radius 2 is 1.78 bits per heavy atom. The Morgan fingerprint density at radius 1 is 1.11 bits per heavy atom. The number of hydrogen-bond donors (Lipinski definition) is 1. The van der Waals surface area contributed by atoms with Crippen molar-refractivity contribution < 1.29 is 31.9 Å². The highest BCUT2D eigenvalue weighted by molar-refractivity contribution is 7.92. The molecule has 0 aromatic heterocycles. The van der Waals surface area contributed by atoms with E-state index in [0.29, 0.717) is 5.75 Å². The van der Waals surface area contributed by atoms with E-state index in [1.165, 1.54) is 49.5 Å². The van der Waals surface area contributed by atoms with Gasteiger partial charge in [0, 0.05) is 24.2 Å². The lowest BCUT2D eigenvalue weighted by atomic mass is 10.1. The van der Waals surface area contributed by atoms with Crippen LogP contribution in [-0.4, -0.2) is 64.2 Å². The smallest absolute Gasteiger partial charge is 0.244 e. The molecule has 1 aliphatic rings.